The Kier molecular flexibility index (Phi) is 5.50. The van der Waals surface area contributed by atoms with Gasteiger partial charge in [0.2, 0.25) is 5.91 Å². The fourth-order valence-electron chi connectivity index (χ4n) is 3.20. The molecule has 10 heteroatoms. The van der Waals surface area contributed by atoms with E-state index < -0.39 is 52.2 Å². The van der Waals surface area contributed by atoms with Crippen molar-refractivity contribution in [3.05, 3.63) is 35.4 Å². The number of hydrogen-bond donors (Lipinski definition) is 1. The van der Waals surface area contributed by atoms with Gasteiger partial charge >= 0.3 is 5.97 Å². The molecule has 1 saturated heterocycles. The maximum absolute atomic E-state index is 12.4. The zero-order chi connectivity index (χ0) is 20.5. The van der Waals surface area contributed by atoms with E-state index in [4.69, 9.17) is 4.74 Å². The molecule has 1 aromatic carbocycles. The Labute approximate surface area is 161 Å². The Balaban J connectivity index is 1.55. The number of amides is 3. The molecule has 0 unspecified atom stereocenters. The molecular formula is C18H20N2O7S. The summed E-state index contributed by atoms with van der Waals surface area (Å²) in [6.07, 6.45) is -0.871. The van der Waals surface area contributed by atoms with E-state index in [1.807, 2.05) is 0 Å². The summed E-state index contributed by atoms with van der Waals surface area (Å²) < 4.78 is 27.9. The third-order valence-electron chi connectivity index (χ3n) is 4.68. The summed E-state index contributed by atoms with van der Waals surface area (Å²) >= 11 is 0. The van der Waals surface area contributed by atoms with E-state index in [0.717, 1.165) is 4.90 Å². The molecule has 2 aliphatic rings. The summed E-state index contributed by atoms with van der Waals surface area (Å²) in [6.45, 7) is 0.743. The van der Waals surface area contributed by atoms with E-state index in [9.17, 15) is 27.6 Å². The van der Waals surface area contributed by atoms with Crippen LogP contribution in [0, 0.1) is 0 Å². The van der Waals surface area contributed by atoms with Crippen molar-refractivity contribution < 1.29 is 32.3 Å². The van der Waals surface area contributed by atoms with Gasteiger partial charge < -0.3 is 10.1 Å². The number of nitrogens with zero attached hydrogens (tertiary/aromatic N) is 1. The van der Waals surface area contributed by atoms with Crippen molar-refractivity contribution in [3.63, 3.8) is 0 Å². The first kappa shape index (κ1) is 20.0. The zero-order valence-electron chi connectivity index (χ0n) is 15.2. The summed E-state index contributed by atoms with van der Waals surface area (Å²) in [6, 6.07) is 6.13. The lowest BCUT2D eigenvalue weighted by atomic mass is 9.98. The van der Waals surface area contributed by atoms with E-state index in [1.165, 1.54) is 6.92 Å². The van der Waals surface area contributed by atoms with Gasteiger partial charge in [0.05, 0.1) is 17.9 Å². The largest absolute Gasteiger partial charge is 0.451 e. The van der Waals surface area contributed by atoms with Crippen LogP contribution in [0.2, 0.25) is 0 Å². The molecule has 1 fully saturated rings. The van der Waals surface area contributed by atoms with Crippen LogP contribution in [-0.2, 0) is 35.4 Å². The van der Waals surface area contributed by atoms with E-state index >= 15 is 0 Å². The number of ether oxygens (including phenoxy) is 1. The fourth-order valence-corrected chi connectivity index (χ4v) is 4.88. The molecule has 2 heterocycles. The highest BCUT2D eigenvalue weighted by Crippen LogP contribution is 2.19. The van der Waals surface area contributed by atoms with E-state index in [1.54, 1.807) is 24.3 Å². The summed E-state index contributed by atoms with van der Waals surface area (Å²) in [7, 11) is -3.15. The maximum atomic E-state index is 12.4. The number of fused-ring (bicyclic) bond motifs is 1. The summed E-state index contributed by atoms with van der Waals surface area (Å²) in [5.74, 6) is -2.77. The van der Waals surface area contributed by atoms with Gasteiger partial charge in [-0.2, -0.15) is 0 Å². The van der Waals surface area contributed by atoms with Gasteiger partial charge in [-0.15, -0.1) is 0 Å². The molecule has 0 aromatic heterocycles. The number of carbonyl (C=O) groups excluding carboxylic acids is 4. The van der Waals surface area contributed by atoms with E-state index in [0.29, 0.717) is 17.5 Å². The molecule has 0 bridgehead atoms. The zero-order valence-corrected chi connectivity index (χ0v) is 16.0. The Morgan fingerprint density at radius 1 is 1.29 bits per heavy atom. The molecule has 0 spiro atoms. The van der Waals surface area contributed by atoms with E-state index in [-0.39, 0.29) is 17.9 Å². The molecule has 1 aromatic rings. The molecule has 3 rings (SSSR count). The Morgan fingerprint density at radius 2 is 2.00 bits per heavy atom. The van der Waals surface area contributed by atoms with Crippen LogP contribution in [0.4, 0.5) is 0 Å². The predicted molar refractivity (Wildman–Crippen MR) is 96.9 cm³/mol. The lowest BCUT2D eigenvalue weighted by Crippen LogP contribution is -2.47. The quantitative estimate of drug-likeness (QED) is 0.511. The number of rotatable bonds is 5. The number of sulfone groups is 1. The van der Waals surface area contributed by atoms with Crippen LogP contribution in [0.15, 0.2) is 24.3 Å². The van der Waals surface area contributed by atoms with Crippen LogP contribution in [0.1, 0.15) is 29.3 Å². The SMILES string of the molecule is C[C@@H](OC(=O)CN1C(=O)Cc2ccccc2C1=O)C(=O)N[C@@H]1CCS(=O)(=O)C1. The molecular weight excluding hydrogens is 388 g/mol. The number of imide groups is 1. The number of esters is 1. The van der Waals surface area contributed by atoms with Crippen molar-refractivity contribution in [2.45, 2.75) is 31.9 Å². The van der Waals surface area contributed by atoms with Crippen LogP contribution in [0.5, 0.6) is 0 Å². The minimum absolute atomic E-state index is 0.00138. The van der Waals surface area contributed by atoms with Crippen LogP contribution in [-0.4, -0.2) is 67.2 Å². The Bertz CT molecular complexity index is 941. The van der Waals surface area contributed by atoms with Crippen LogP contribution in [0.25, 0.3) is 0 Å². The van der Waals surface area contributed by atoms with Gasteiger partial charge in [0.25, 0.3) is 11.8 Å². The maximum Gasteiger partial charge on any atom is 0.326 e. The fraction of sp³-hybridized carbons (Fsp3) is 0.444. The average Bonchev–Trinajstić information content (AvgIpc) is 2.97. The molecule has 0 radical (unpaired) electrons. The summed E-state index contributed by atoms with van der Waals surface area (Å²) in [5, 5.41) is 2.53. The topological polar surface area (TPSA) is 127 Å². The average molecular weight is 408 g/mol. The van der Waals surface area contributed by atoms with E-state index in [2.05, 4.69) is 5.32 Å². The first-order valence-corrected chi connectivity index (χ1v) is 10.6. The number of carbonyl (C=O) groups is 4. The third kappa shape index (κ3) is 4.38. The van der Waals surface area contributed by atoms with Gasteiger partial charge in [0.15, 0.2) is 15.9 Å². The van der Waals surface area contributed by atoms with Crippen LogP contribution >= 0.6 is 0 Å². The highest BCUT2D eigenvalue weighted by molar-refractivity contribution is 7.91. The number of benzene rings is 1. The lowest BCUT2D eigenvalue weighted by molar-refractivity contribution is -0.157. The molecule has 0 aliphatic carbocycles. The lowest BCUT2D eigenvalue weighted by Gasteiger charge is -2.26. The molecule has 2 atom stereocenters. The molecule has 1 N–H and O–H groups in total. The molecule has 2 aliphatic heterocycles. The number of nitrogens with one attached hydrogen (secondary N) is 1. The molecule has 150 valence electrons. The minimum Gasteiger partial charge on any atom is -0.451 e. The monoisotopic (exact) mass is 408 g/mol. The Hall–Kier alpha value is -2.75. The molecule has 3 amide bonds. The van der Waals surface area contributed by atoms with Crippen molar-refractivity contribution in [3.8, 4) is 0 Å². The van der Waals surface area contributed by atoms with Gasteiger partial charge in [-0.05, 0) is 25.0 Å². The highest BCUT2D eigenvalue weighted by Gasteiger charge is 2.34. The molecule has 28 heavy (non-hydrogen) atoms. The highest BCUT2D eigenvalue weighted by atomic mass is 32.2. The van der Waals surface area contributed by atoms with Crippen LogP contribution < -0.4 is 5.32 Å². The Morgan fingerprint density at radius 3 is 2.68 bits per heavy atom. The van der Waals surface area contributed by atoms with Gasteiger partial charge in [0, 0.05) is 11.6 Å². The van der Waals surface area contributed by atoms with Crippen molar-refractivity contribution in [2.24, 2.45) is 0 Å². The van der Waals surface area contributed by atoms with Gasteiger partial charge in [-0.1, -0.05) is 18.2 Å². The van der Waals surface area contributed by atoms with Crippen molar-refractivity contribution >= 4 is 33.5 Å². The second kappa shape index (κ2) is 7.70. The normalized spacial score (nSPS) is 21.8. The van der Waals surface area contributed by atoms with Gasteiger partial charge in [-0.25, -0.2) is 8.42 Å². The predicted octanol–water partition coefficient (Wildman–Crippen LogP) is -0.553. The summed E-state index contributed by atoms with van der Waals surface area (Å²) in [4.78, 5) is 49.6. The number of hydrogen-bond acceptors (Lipinski definition) is 7. The van der Waals surface area contributed by atoms with Crippen molar-refractivity contribution in [1.29, 1.82) is 0 Å². The smallest absolute Gasteiger partial charge is 0.326 e. The van der Waals surface area contributed by atoms with Crippen LogP contribution in [0.3, 0.4) is 0 Å². The van der Waals surface area contributed by atoms with Gasteiger partial charge in [-0.3, -0.25) is 24.1 Å². The first-order chi connectivity index (χ1) is 13.2. The summed E-state index contributed by atoms with van der Waals surface area (Å²) in [5.41, 5.74) is 0.949. The standard InChI is InChI=1S/C18H20N2O7S/c1-11(17(23)19-13-6-7-28(25,26)10-13)27-16(22)9-20-15(21)8-12-4-2-3-5-14(12)18(20)24/h2-5,11,13H,6-10H2,1H3,(H,19,23)/t11-,13-/m1/s1. The van der Waals surface area contributed by atoms with Crippen molar-refractivity contribution in [2.75, 3.05) is 18.1 Å². The third-order valence-corrected chi connectivity index (χ3v) is 6.45. The second-order valence-electron chi connectivity index (χ2n) is 6.86. The van der Waals surface area contributed by atoms with Crippen molar-refractivity contribution in [1.82, 2.24) is 10.2 Å². The second-order valence-corrected chi connectivity index (χ2v) is 9.09. The minimum atomic E-state index is -3.15. The molecule has 9 nitrogen and oxygen atoms in total. The van der Waals surface area contributed by atoms with Gasteiger partial charge in [0.1, 0.15) is 6.54 Å². The molecule has 0 saturated carbocycles. The first-order valence-electron chi connectivity index (χ1n) is 8.79.